The van der Waals surface area contributed by atoms with Crippen molar-refractivity contribution in [2.45, 2.75) is 39.3 Å². The average molecular weight is 327 g/mol. The minimum absolute atomic E-state index is 0.0665. The van der Waals surface area contributed by atoms with Gasteiger partial charge in [-0.1, -0.05) is 0 Å². The molecular formula is C18H25N5O. The van der Waals surface area contributed by atoms with Crippen molar-refractivity contribution in [3.63, 3.8) is 0 Å². The normalized spacial score (nSPS) is 17.3. The van der Waals surface area contributed by atoms with Crippen LogP contribution in [0.25, 0.3) is 0 Å². The summed E-state index contributed by atoms with van der Waals surface area (Å²) < 4.78 is 2.01. The second kappa shape index (κ2) is 6.63. The van der Waals surface area contributed by atoms with Gasteiger partial charge in [-0.05, 0) is 44.9 Å². The molecule has 0 radical (unpaired) electrons. The fourth-order valence-corrected chi connectivity index (χ4v) is 3.30. The Bertz CT molecular complexity index is 720. The molecule has 1 atom stereocenters. The second-order valence-corrected chi connectivity index (χ2v) is 6.70. The Balaban J connectivity index is 1.74. The first-order valence-electron chi connectivity index (χ1n) is 8.41. The summed E-state index contributed by atoms with van der Waals surface area (Å²) in [6, 6.07) is 6.03. The van der Waals surface area contributed by atoms with E-state index in [-0.39, 0.29) is 11.9 Å². The zero-order chi connectivity index (χ0) is 17.3. The van der Waals surface area contributed by atoms with E-state index < -0.39 is 0 Å². The van der Waals surface area contributed by atoms with E-state index in [1.54, 1.807) is 6.20 Å². The van der Waals surface area contributed by atoms with Gasteiger partial charge in [0.05, 0.1) is 23.8 Å². The molecule has 0 saturated carbocycles. The van der Waals surface area contributed by atoms with Crippen molar-refractivity contribution in [1.29, 1.82) is 0 Å². The number of aromatic nitrogens is 3. The van der Waals surface area contributed by atoms with Crippen molar-refractivity contribution >= 4 is 11.7 Å². The van der Waals surface area contributed by atoms with E-state index in [2.05, 4.69) is 23.1 Å². The molecule has 0 bridgehead atoms. The zero-order valence-electron chi connectivity index (χ0n) is 14.9. The molecule has 0 aromatic carbocycles. The molecule has 24 heavy (non-hydrogen) atoms. The molecule has 6 heteroatoms. The predicted octanol–water partition coefficient (Wildman–Crippen LogP) is 2.27. The lowest BCUT2D eigenvalue weighted by atomic mass is 10.2. The first kappa shape index (κ1) is 16.5. The molecule has 1 saturated heterocycles. The van der Waals surface area contributed by atoms with Crippen molar-refractivity contribution < 1.29 is 4.79 Å². The molecule has 3 rings (SSSR count). The number of anilines is 1. The highest BCUT2D eigenvalue weighted by atomic mass is 16.2. The number of hydrogen-bond acceptors (Lipinski definition) is 4. The van der Waals surface area contributed by atoms with Gasteiger partial charge in [-0.2, -0.15) is 5.10 Å². The van der Waals surface area contributed by atoms with E-state index in [1.165, 1.54) is 0 Å². The van der Waals surface area contributed by atoms with Gasteiger partial charge < -0.3 is 9.80 Å². The number of likely N-dealkylation sites (tertiary alicyclic amines) is 1. The summed E-state index contributed by atoms with van der Waals surface area (Å²) in [5, 5.41) is 4.53. The first-order chi connectivity index (χ1) is 11.5. The number of hydrogen-bond donors (Lipinski definition) is 0. The predicted molar refractivity (Wildman–Crippen MR) is 94.3 cm³/mol. The van der Waals surface area contributed by atoms with Gasteiger partial charge >= 0.3 is 0 Å². The molecule has 1 aliphatic heterocycles. The van der Waals surface area contributed by atoms with Crippen LogP contribution >= 0.6 is 0 Å². The quantitative estimate of drug-likeness (QED) is 0.864. The number of rotatable bonds is 4. The van der Waals surface area contributed by atoms with Gasteiger partial charge in [0.15, 0.2) is 0 Å². The van der Waals surface area contributed by atoms with E-state index in [0.717, 1.165) is 43.1 Å². The van der Waals surface area contributed by atoms with Gasteiger partial charge in [-0.25, -0.2) is 4.98 Å². The molecule has 0 spiro atoms. The molecule has 1 aliphatic rings. The van der Waals surface area contributed by atoms with Crippen molar-refractivity contribution in [3.05, 3.63) is 41.3 Å². The number of pyridine rings is 1. The summed E-state index contributed by atoms with van der Waals surface area (Å²) in [6.45, 7) is 5.62. The van der Waals surface area contributed by atoms with Gasteiger partial charge in [0.2, 0.25) is 0 Å². The molecule has 2 aromatic rings. The topological polar surface area (TPSA) is 54.3 Å². The lowest BCUT2D eigenvalue weighted by Crippen LogP contribution is -2.38. The van der Waals surface area contributed by atoms with E-state index in [1.807, 2.05) is 47.6 Å². The summed E-state index contributed by atoms with van der Waals surface area (Å²) in [5.41, 5.74) is 2.82. The van der Waals surface area contributed by atoms with Crippen LogP contribution in [-0.4, -0.2) is 52.3 Å². The molecule has 1 fully saturated rings. The Morgan fingerprint density at radius 3 is 2.71 bits per heavy atom. The number of amides is 1. The molecular weight excluding hydrogens is 302 g/mol. The Labute approximate surface area is 143 Å². The summed E-state index contributed by atoms with van der Waals surface area (Å²) >= 11 is 0. The van der Waals surface area contributed by atoms with Crippen LogP contribution in [0.1, 0.15) is 34.6 Å². The van der Waals surface area contributed by atoms with Crippen LogP contribution in [-0.2, 0) is 6.54 Å². The highest BCUT2D eigenvalue weighted by Gasteiger charge is 2.30. The average Bonchev–Trinajstić information content (AvgIpc) is 3.13. The zero-order valence-corrected chi connectivity index (χ0v) is 14.9. The molecule has 0 unspecified atom stereocenters. The van der Waals surface area contributed by atoms with Gasteiger partial charge in [-0.3, -0.25) is 9.48 Å². The SMILES string of the molecule is Cc1cc(C)n(C[C@@H]2CCCN2C(=O)c2ccc(N(C)C)nc2)n1. The van der Waals surface area contributed by atoms with Crippen molar-refractivity contribution in [1.82, 2.24) is 19.7 Å². The Morgan fingerprint density at radius 2 is 2.12 bits per heavy atom. The van der Waals surface area contributed by atoms with Crippen LogP contribution in [0.5, 0.6) is 0 Å². The molecule has 1 amide bonds. The Kier molecular flexibility index (Phi) is 4.55. The Morgan fingerprint density at radius 1 is 1.33 bits per heavy atom. The van der Waals surface area contributed by atoms with Gasteiger partial charge in [0, 0.05) is 32.5 Å². The van der Waals surface area contributed by atoms with Crippen LogP contribution in [0.4, 0.5) is 5.82 Å². The largest absolute Gasteiger partial charge is 0.363 e. The van der Waals surface area contributed by atoms with E-state index in [4.69, 9.17) is 0 Å². The van der Waals surface area contributed by atoms with Crippen LogP contribution in [0.2, 0.25) is 0 Å². The molecule has 2 aromatic heterocycles. The van der Waals surface area contributed by atoms with E-state index in [0.29, 0.717) is 5.56 Å². The van der Waals surface area contributed by atoms with Crippen LogP contribution in [0.3, 0.4) is 0 Å². The van der Waals surface area contributed by atoms with Crippen LogP contribution in [0.15, 0.2) is 24.4 Å². The molecule has 6 nitrogen and oxygen atoms in total. The minimum atomic E-state index is 0.0665. The highest BCUT2D eigenvalue weighted by Crippen LogP contribution is 2.22. The van der Waals surface area contributed by atoms with Gasteiger partial charge in [0.1, 0.15) is 5.82 Å². The number of carbonyl (C=O) groups is 1. The standard InChI is InChI=1S/C18H25N5O/c1-13-10-14(2)23(20-13)12-16-6-5-9-22(16)18(24)15-7-8-17(19-11-15)21(3)4/h7-8,10-11,16H,5-6,9,12H2,1-4H3/t16-/m0/s1. The van der Waals surface area contributed by atoms with Gasteiger partial charge in [-0.15, -0.1) is 0 Å². The molecule has 3 heterocycles. The third-order valence-corrected chi connectivity index (χ3v) is 4.58. The molecule has 0 N–H and O–H groups in total. The lowest BCUT2D eigenvalue weighted by molar-refractivity contribution is 0.0720. The van der Waals surface area contributed by atoms with Crippen LogP contribution < -0.4 is 4.90 Å². The number of nitrogens with zero attached hydrogens (tertiary/aromatic N) is 5. The third kappa shape index (κ3) is 3.27. The van der Waals surface area contributed by atoms with Gasteiger partial charge in [0.25, 0.3) is 5.91 Å². The summed E-state index contributed by atoms with van der Waals surface area (Å²) in [7, 11) is 3.88. The first-order valence-corrected chi connectivity index (χ1v) is 8.41. The highest BCUT2D eigenvalue weighted by molar-refractivity contribution is 5.94. The number of carbonyl (C=O) groups excluding carboxylic acids is 1. The monoisotopic (exact) mass is 327 g/mol. The number of aryl methyl sites for hydroxylation is 2. The van der Waals surface area contributed by atoms with E-state index >= 15 is 0 Å². The fourth-order valence-electron chi connectivity index (χ4n) is 3.30. The minimum Gasteiger partial charge on any atom is -0.363 e. The van der Waals surface area contributed by atoms with Crippen LogP contribution in [0, 0.1) is 13.8 Å². The van der Waals surface area contributed by atoms with E-state index in [9.17, 15) is 4.79 Å². The molecule has 0 aliphatic carbocycles. The van der Waals surface area contributed by atoms with Crippen molar-refractivity contribution in [2.24, 2.45) is 0 Å². The maximum atomic E-state index is 12.9. The summed E-state index contributed by atoms with van der Waals surface area (Å²) in [5.74, 6) is 0.920. The summed E-state index contributed by atoms with van der Waals surface area (Å²) in [4.78, 5) is 21.1. The second-order valence-electron chi connectivity index (χ2n) is 6.70. The van der Waals surface area contributed by atoms with Crippen molar-refractivity contribution in [3.8, 4) is 0 Å². The lowest BCUT2D eigenvalue weighted by Gasteiger charge is -2.25. The maximum absolute atomic E-state index is 12.9. The third-order valence-electron chi connectivity index (χ3n) is 4.58. The summed E-state index contributed by atoms with van der Waals surface area (Å²) in [6.07, 6.45) is 3.74. The Hall–Kier alpha value is -2.37. The fraction of sp³-hybridized carbons (Fsp3) is 0.500. The van der Waals surface area contributed by atoms with Crippen molar-refractivity contribution in [2.75, 3.05) is 25.5 Å². The smallest absolute Gasteiger partial charge is 0.255 e. The molecule has 128 valence electrons. The maximum Gasteiger partial charge on any atom is 0.255 e.